The Kier molecular flexibility index (Phi) is 5.83. The molecule has 1 unspecified atom stereocenters. The van der Waals surface area contributed by atoms with Gasteiger partial charge < -0.3 is 15.5 Å². The average Bonchev–Trinajstić information content (AvgIpc) is 2.65. The summed E-state index contributed by atoms with van der Waals surface area (Å²) in [6.45, 7) is 2.37. The standard InChI is InChI=1S/C20H24N6O/c1-15-5-4-6-19(24-15)26-20(11-18(21)13-23-26)27-14-17-9-7-16(8-10-17)12-22-25(2)3/h4-13,20H,14,21H2,1-3H3/b22-12-. The van der Waals surface area contributed by atoms with Gasteiger partial charge in [-0.25, -0.2) is 9.99 Å². The monoisotopic (exact) mass is 364 g/mol. The molecule has 0 aliphatic carbocycles. The Hall–Kier alpha value is -3.19. The van der Waals surface area contributed by atoms with Gasteiger partial charge in [0.2, 0.25) is 0 Å². The summed E-state index contributed by atoms with van der Waals surface area (Å²) in [5.41, 5.74) is 9.48. The van der Waals surface area contributed by atoms with Crippen LogP contribution in [0.15, 0.2) is 64.4 Å². The van der Waals surface area contributed by atoms with Crippen molar-refractivity contribution in [1.82, 2.24) is 9.99 Å². The van der Waals surface area contributed by atoms with Gasteiger partial charge in [-0.15, -0.1) is 0 Å². The predicted octanol–water partition coefficient (Wildman–Crippen LogP) is 2.48. The van der Waals surface area contributed by atoms with Crippen molar-refractivity contribution in [3.8, 4) is 0 Å². The van der Waals surface area contributed by atoms with Crippen LogP contribution < -0.4 is 10.7 Å². The van der Waals surface area contributed by atoms with E-state index in [1.807, 2.05) is 75.8 Å². The zero-order valence-electron chi connectivity index (χ0n) is 15.8. The van der Waals surface area contributed by atoms with Crippen molar-refractivity contribution in [2.24, 2.45) is 15.9 Å². The average molecular weight is 364 g/mol. The van der Waals surface area contributed by atoms with Crippen molar-refractivity contribution in [3.63, 3.8) is 0 Å². The molecule has 2 N–H and O–H groups in total. The molecule has 0 saturated heterocycles. The van der Waals surface area contributed by atoms with Gasteiger partial charge in [0.25, 0.3) is 0 Å². The van der Waals surface area contributed by atoms with Crippen molar-refractivity contribution < 1.29 is 4.74 Å². The molecule has 2 heterocycles. The summed E-state index contributed by atoms with van der Waals surface area (Å²) in [6.07, 6.45) is 4.83. The van der Waals surface area contributed by atoms with E-state index in [4.69, 9.17) is 10.5 Å². The van der Waals surface area contributed by atoms with Gasteiger partial charge in [0.1, 0.15) is 0 Å². The Morgan fingerprint density at radius 3 is 2.70 bits per heavy atom. The van der Waals surface area contributed by atoms with Gasteiger partial charge in [0, 0.05) is 19.8 Å². The molecule has 0 spiro atoms. The van der Waals surface area contributed by atoms with Crippen LogP contribution in [0, 0.1) is 6.92 Å². The maximum Gasteiger partial charge on any atom is 0.174 e. The highest BCUT2D eigenvalue weighted by molar-refractivity contribution is 5.80. The lowest BCUT2D eigenvalue weighted by Crippen LogP contribution is -2.36. The molecule has 0 radical (unpaired) electrons. The molecule has 0 amide bonds. The number of benzene rings is 1. The van der Waals surface area contributed by atoms with Gasteiger partial charge in [-0.05, 0) is 36.3 Å². The second kappa shape index (κ2) is 8.46. The number of nitrogens with two attached hydrogens (primary N) is 1. The number of anilines is 1. The molecule has 27 heavy (non-hydrogen) atoms. The number of nitrogens with zero attached hydrogens (tertiary/aromatic N) is 5. The number of rotatable bonds is 6. The lowest BCUT2D eigenvalue weighted by atomic mass is 10.1. The zero-order chi connectivity index (χ0) is 19.2. The van der Waals surface area contributed by atoms with E-state index in [1.54, 1.807) is 16.2 Å². The zero-order valence-corrected chi connectivity index (χ0v) is 15.8. The van der Waals surface area contributed by atoms with E-state index in [0.717, 1.165) is 22.6 Å². The van der Waals surface area contributed by atoms with Crippen molar-refractivity contribution in [3.05, 3.63) is 71.1 Å². The van der Waals surface area contributed by atoms with Crippen molar-refractivity contribution in [2.45, 2.75) is 19.8 Å². The number of aromatic nitrogens is 1. The molecule has 0 saturated carbocycles. The molecule has 1 aliphatic heterocycles. The third-order valence-electron chi connectivity index (χ3n) is 3.85. The van der Waals surface area contributed by atoms with Gasteiger partial charge in [-0.3, -0.25) is 0 Å². The highest BCUT2D eigenvalue weighted by atomic mass is 16.5. The number of hydrogen-bond donors (Lipinski definition) is 1. The number of hydrogen-bond acceptors (Lipinski definition) is 7. The number of ether oxygens (including phenoxy) is 1. The first kappa shape index (κ1) is 18.6. The second-order valence-corrected chi connectivity index (χ2v) is 6.43. The molecule has 1 aromatic heterocycles. The summed E-state index contributed by atoms with van der Waals surface area (Å²) in [5, 5.41) is 12.1. The largest absolute Gasteiger partial charge is 0.398 e. The van der Waals surface area contributed by atoms with Crippen LogP contribution in [0.25, 0.3) is 0 Å². The maximum atomic E-state index is 6.06. The molecule has 1 aromatic carbocycles. The molecule has 0 fully saturated rings. The normalized spacial score (nSPS) is 16.6. The van der Waals surface area contributed by atoms with Crippen LogP contribution >= 0.6 is 0 Å². The van der Waals surface area contributed by atoms with E-state index in [9.17, 15) is 0 Å². The highest BCUT2D eigenvalue weighted by Gasteiger charge is 2.21. The lowest BCUT2D eigenvalue weighted by molar-refractivity contribution is 0.0681. The topological polar surface area (TPSA) is 79.3 Å². The Labute approximate surface area is 159 Å². The smallest absolute Gasteiger partial charge is 0.174 e. The van der Waals surface area contributed by atoms with E-state index in [-0.39, 0.29) is 0 Å². The van der Waals surface area contributed by atoms with E-state index in [1.165, 1.54) is 0 Å². The molecule has 7 nitrogen and oxygen atoms in total. The van der Waals surface area contributed by atoms with E-state index in [0.29, 0.717) is 12.3 Å². The summed E-state index contributed by atoms with van der Waals surface area (Å²) in [6, 6.07) is 13.8. The number of pyridine rings is 1. The Morgan fingerprint density at radius 2 is 2.00 bits per heavy atom. The summed E-state index contributed by atoms with van der Waals surface area (Å²) < 4.78 is 6.06. The first-order chi connectivity index (χ1) is 13.0. The highest BCUT2D eigenvalue weighted by Crippen LogP contribution is 2.20. The van der Waals surface area contributed by atoms with Crippen molar-refractivity contribution >= 4 is 18.2 Å². The van der Waals surface area contributed by atoms with E-state index in [2.05, 4.69) is 15.2 Å². The Morgan fingerprint density at radius 1 is 1.22 bits per heavy atom. The van der Waals surface area contributed by atoms with Crippen molar-refractivity contribution in [2.75, 3.05) is 19.1 Å². The minimum Gasteiger partial charge on any atom is -0.398 e. The summed E-state index contributed by atoms with van der Waals surface area (Å²) in [4.78, 5) is 4.52. The molecule has 0 bridgehead atoms. The quantitative estimate of drug-likeness (QED) is 0.629. The van der Waals surface area contributed by atoms with Crippen LogP contribution in [0.3, 0.4) is 0 Å². The third-order valence-corrected chi connectivity index (χ3v) is 3.85. The molecule has 1 atom stereocenters. The molecular weight excluding hydrogens is 340 g/mol. The molecule has 1 aliphatic rings. The predicted molar refractivity (Wildman–Crippen MR) is 109 cm³/mol. The fraction of sp³-hybridized carbons (Fsp3) is 0.250. The van der Waals surface area contributed by atoms with Crippen LogP contribution in [0.2, 0.25) is 0 Å². The van der Waals surface area contributed by atoms with Crippen LogP contribution in [-0.2, 0) is 11.3 Å². The lowest BCUT2D eigenvalue weighted by Gasteiger charge is -2.28. The van der Waals surface area contributed by atoms with E-state index >= 15 is 0 Å². The minimum atomic E-state index is -0.417. The van der Waals surface area contributed by atoms with Crippen LogP contribution in [0.4, 0.5) is 5.82 Å². The molecule has 3 rings (SSSR count). The Bertz CT molecular complexity index is 857. The first-order valence-electron chi connectivity index (χ1n) is 8.67. The van der Waals surface area contributed by atoms with Crippen molar-refractivity contribution in [1.29, 1.82) is 0 Å². The van der Waals surface area contributed by atoms with Crippen LogP contribution in [0.1, 0.15) is 16.8 Å². The summed E-state index contributed by atoms with van der Waals surface area (Å²) >= 11 is 0. The fourth-order valence-corrected chi connectivity index (χ4v) is 2.50. The Balaban J connectivity index is 1.68. The van der Waals surface area contributed by atoms with Gasteiger partial charge in [-0.1, -0.05) is 30.3 Å². The first-order valence-corrected chi connectivity index (χ1v) is 8.67. The molecule has 7 heteroatoms. The molecule has 140 valence electrons. The van der Waals surface area contributed by atoms with Gasteiger partial charge in [0.05, 0.1) is 24.7 Å². The summed E-state index contributed by atoms with van der Waals surface area (Å²) in [5.74, 6) is 0.718. The summed E-state index contributed by atoms with van der Waals surface area (Å²) in [7, 11) is 3.78. The number of hydrazone groups is 2. The maximum absolute atomic E-state index is 6.06. The van der Waals surface area contributed by atoms with Crippen LogP contribution in [-0.4, -0.2) is 42.7 Å². The minimum absolute atomic E-state index is 0.417. The molecule has 2 aromatic rings. The number of aryl methyl sites for hydroxylation is 1. The van der Waals surface area contributed by atoms with Gasteiger partial charge >= 0.3 is 0 Å². The van der Waals surface area contributed by atoms with Gasteiger partial charge in [0.15, 0.2) is 12.0 Å². The fourth-order valence-electron chi connectivity index (χ4n) is 2.50. The van der Waals surface area contributed by atoms with E-state index < -0.39 is 6.23 Å². The van der Waals surface area contributed by atoms with Gasteiger partial charge in [-0.2, -0.15) is 10.2 Å². The number of allylic oxidation sites excluding steroid dienone is 1. The molecular formula is C20H24N6O. The SMILES string of the molecule is Cc1cccc(N2N=CC(N)=CC2OCc2ccc(/C=N\N(C)C)cc2)n1. The third kappa shape index (κ3) is 5.15. The second-order valence-electron chi connectivity index (χ2n) is 6.43. The van der Waals surface area contributed by atoms with Crippen LogP contribution in [0.5, 0.6) is 0 Å².